The van der Waals surface area contributed by atoms with E-state index in [1.807, 2.05) is 0 Å². The second-order valence-electron chi connectivity index (χ2n) is 3.86. The molecule has 0 heterocycles. The van der Waals surface area contributed by atoms with Gasteiger partial charge in [-0.15, -0.1) is 0 Å². The van der Waals surface area contributed by atoms with E-state index in [1.165, 1.54) is 33.5 Å². The first-order valence-corrected chi connectivity index (χ1v) is 5.69. The van der Waals surface area contributed by atoms with Crippen LogP contribution in [-0.2, 0) is 4.79 Å². The Morgan fingerprint density at radius 1 is 1.10 bits per heavy atom. The van der Waals surface area contributed by atoms with Gasteiger partial charge in [-0.25, -0.2) is 0 Å². The fourth-order valence-corrected chi connectivity index (χ4v) is 1.73. The van der Waals surface area contributed by atoms with Gasteiger partial charge in [0.05, 0.1) is 33.3 Å². The predicted octanol–water partition coefficient (Wildman–Crippen LogP) is 0.731. The summed E-state index contributed by atoms with van der Waals surface area (Å²) in [6, 6.07) is 2.86. The van der Waals surface area contributed by atoms with Gasteiger partial charge in [0, 0.05) is 0 Å². The summed E-state index contributed by atoms with van der Waals surface area (Å²) in [6.45, 7) is 0. The summed E-state index contributed by atoms with van der Waals surface area (Å²) in [5.41, 5.74) is 0.0268. The van der Waals surface area contributed by atoms with Crippen LogP contribution in [-0.4, -0.2) is 49.4 Å². The van der Waals surface area contributed by atoms with Gasteiger partial charge in [0.2, 0.25) is 5.75 Å². The Balaban J connectivity index is 3.24. The smallest absolute Gasteiger partial charge is 0.306 e. The van der Waals surface area contributed by atoms with E-state index in [-0.39, 0.29) is 17.1 Å². The second-order valence-corrected chi connectivity index (χ2v) is 3.86. The molecule has 0 saturated heterocycles. The third-order valence-electron chi connectivity index (χ3n) is 2.64. The number of carboxylic acid groups (broad SMARTS) is 1. The van der Waals surface area contributed by atoms with Crippen molar-refractivity contribution in [3.05, 3.63) is 17.7 Å². The molecule has 1 rings (SSSR count). The Kier molecular flexibility index (Phi) is 5.33. The Morgan fingerprint density at radius 3 is 2.15 bits per heavy atom. The summed E-state index contributed by atoms with van der Waals surface area (Å²) in [6.07, 6.45) is -2.34. The number of Topliss-reactive ketones (excluding diaryl/α,β-unsaturated/α-hetero) is 1. The molecule has 0 bridgehead atoms. The summed E-state index contributed by atoms with van der Waals surface area (Å²) in [4.78, 5) is 22.6. The Morgan fingerprint density at radius 2 is 1.70 bits per heavy atom. The van der Waals surface area contributed by atoms with Gasteiger partial charge in [-0.05, 0) is 12.1 Å². The van der Waals surface area contributed by atoms with Crippen molar-refractivity contribution < 1.29 is 34.0 Å². The van der Waals surface area contributed by atoms with E-state index in [9.17, 15) is 14.7 Å². The van der Waals surface area contributed by atoms with Gasteiger partial charge in [0.15, 0.2) is 17.3 Å². The molecule has 0 spiro atoms. The Labute approximate surface area is 115 Å². The van der Waals surface area contributed by atoms with E-state index < -0.39 is 24.3 Å². The third-order valence-corrected chi connectivity index (χ3v) is 2.64. The van der Waals surface area contributed by atoms with Crippen molar-refractivity contribution in [3.8, 4) is 17.2 Å². The maximum atomic E-state index is 12.0. The number of aliphatic hydroxyl groups is 1. The molecule has 20 heavy (non-hydrogen) atoms. The van der Waals surface area contributed by atoms with Crippen LogP contribution < -0.4 is 14.2 Å². The normalized spacial score (nSPS) is 11.6. The highest BCUT2D eigenvalue weighted by molar-refractivity contribution is 6.04. The zero-order chi connectivity index (χ0) is 15.3. The van der Waals surface area contributed by atoms with Crippen molar-refractivity contribution in [2.75, 3.05) is 21.3 Å². The third kappa shape index (κ3) is 3.18. The summed E-state index contributed by atoms with van der Waals surface area (Å²) in [7, 11) is 4.14. The zero-order valence-electron chi connectivity index (χ0n) is 11.4. The summed E-state index contributed by atoms with van der Waals surface area (Å²) in [5.74, 6) is -1.39. The molecule has 7 heteroatoms. The lowest BCUT2D eigenvalue weighted by molar-refractivity contribution is -0.138. The number of carbonyl (C=O) groups excluding carboxylic acids is 1. The standard InChI is InChI=1S/C13H16O7/c1-18-9-5-4-7(12(19-2)13(9)20-3)11(17)8(14)6-10(15)16/h4-5,8,14H,6H2,1-3H3,(H,15,16). The maximum absolute atomic E-state index is 12.0. The highest BCUT2D eigenvalue weighted by Gasteiger charge is 2.26. The van der Waals surface area contributed by atoms with Crippen molar-refractivity contribution in [1.82, 2.24) is 0 Å². The first-order valence-electron chi connectivity index (χ1n) is 5.69. The first kappa shape index (κ1) is 15.8. The maximum Gasteiger partial charge on any atom is 0.306 e. The first-order chi connectivity index (χ1) is 9.46. The number of carbonyl (C=O) groups is 2. The quantitative estimate of drug-likeness (QED) is 0.711. The van der Waals surface area contributed by atoms with Crippen LogP contribution in [0.3, 0.4) is 0 Å². The number of rotatable bonds is 7. The number of ketones is 1. The van der Waals surface area contributed by atoms with Crippen molar-refractivity contribution in [2.45, 2.75) is 12.5 Å². The van der Waals surface area contributed by atoms with Gasteiger partial charge in [-0.3, -0.25) is 9.59 Å². The number of ether oxygens (including phenoxy) is 3. The molecule has 0 radical (unpaired) electrons. The summed E-state index contributed by atoms with van der Waals surface area (Å²) in [5, 5.41) is 18.2. The SMILES string of the molecule is COc1ccc(C(=O)C(O)CC(=O)O)c(OC)c1OC. The van der Waals surface area contributed by atoms with Crippen LogP contribution in [0.5, 0.6) is 17.2 Å². The van der Waals surface area contributed by atoms with E-state index in [1.54, 1.807) is 0 Å². The second kappa shape index (κ2) is 6.76. The lowest BCUT2D eigenvalue weighted by Crippen LogP contribution is -2.24. The van der Waals surface area contributed by atoms with Crippen LogP contribution in [0.2, 0.25) is 0 Å². The molecule has 1 atom stereocenters. The minimum Gasteiger partial charge on any atom is -0.493 e. The molecule has 1 aromatic rings. The van der Waals surface area contributed by atoms with Crippen molar-refractivity contribution >= 4 is 11.8 Å². The number of methoxy groups -OCH3 is 3. The van der Waals surface area contributed by atoms with Gasteiger partial charge in [-0.2, -0.15) is 0 Å². The minimum absolute atomic E-state index is 0.0268. The molecule has 0 aromatic heterocycles. The molecule has 7 nitrogen and oxygen atoms in total. The van der Waals surface area contributed by atoms with E-state index in [0.29, 0.717) is 5.75 Å². The van der Waals surface area contributed by atoms with Gasteiger partial charge < -0.3 is 24.4 Å². The largest absolute Gasteiger partial charge is 0.493 e. The van der Waals surface area contributed by atoms with Gasteiger partial charge >= 0.3 is 5.97 Å². The fourth-order valence-electron chi connectivity index (χ4n) is 1.73. The molecular weight excluding hydrogens is 268 g/mol. The van der Waals surface area contributed by atoms with E-state index >= 15 is 0 Å². The average molecular weight is 284 g/mol. The van der Waals surface area contributed by atoms with Crippen LogP contribution in [0.25, 0.3) is 0 Å². The van der Waals surface area contributed by atoms with Crippen molar-refractivity contribution in [1.29, 1.82) is 0 Å². The van der Waals surface area contributed by atoms with E-state index in [2.05, 4.69) is 0 Å². The zero-order valence-corrected chi connectivity index (χ0v) is 11.4. The molecule has 0 saturated carbocycles. The summed E-state index contributed by atoms with van der Waals surface area (Å²) < 4.78 is 15.3. The molecule has 0 aliphatic rings. The van der Waals surface area contributed by atoms with Gasteiger partial charge in [0.25, 0.3) is 0 Å². The van der Waals surface area contributed by atoms with E-state index in [4.69, 9.17) is 19.3 Å². The highest BCUT2D eigenvalue weighted by atomic mass is 16.5. The number of aliphatic hydroxyl groups excluding tert-OH is 1. The van der Waals surface area contributed by atoms with Gasteiger partial charge in [-0.1, -0.05) is 0 Å². The number of hydrogen-bond donors (Lipinski definition) is 2. The predicted molar refractivity (Wildman–Crippen MR) is 68.7 cm³/mol. The Hall–Kier alpha value is -2.28. The molecule has 0 aliphatic carbocycles. The molecule has 0 amide bonds. The molecular formula is C13H16O7. The minimum atomic E-state index is -1.65. The monoisotopic (exact) mass is 284 g/mol. The molecule has 0 aliphatic heterocycles. The lowest BCUT2D eigenvalue weighted by atomic mass is 10.0. The number of aliphatic carboxylic acids is 1. The van der Waals surface area contributed by atoms with Crippen LogP contribution in [0.15, 0.2) is 12.1 Å². The van der Waals surface area contributed by atoms with Crippen LogP contribution >= 0.6 is 0 Å². The van der Waals surface area contributed by atoms with Crippen molar-refractivity contribution in [3.63, 3.8) is 0 Å². The van der Waals surface area contributed by atoms with Crippen molar-refractivity contribution in [2.24, 2.45) is 0 Å². The lowest BCUT2D eigenvalue weighted by Gasteiger charge is -2.16. The number of carboxylic acids is 1. The summed E-state index contributed by atoms with van der Waals surface area (Å²) >= 11 is 0. The van der Waals surface area contributed by atoms with Gasteiger partial charge in [0.1, 0.15) is 6.10 Å². The molecule has 1 aromatic carbocycles. The van der Waals surface area contributed by atoms with Crippen LogP contribution in [0, 0.1) is 0 Å². The number of benzene rings is 1. The van der Waals surface area contributed by atoms with Crippen LogP contribution in [0.4, 0.5) is 0 Å². The topological polar surface area (TPSA) is 102 Å². The Bertz CT molecular complexity index is 510. The molecule has 1 unspecified atom stereocenters. The number of hydrogen-bond acceptors (Lipinski definition) is 6. The van der Waals surface area contributed by atoms with Crippen LogP contribution in [0.1, 0.15) is 16.8 Å². The van der Waals surface area contributed by atoms with E-state index in [0.717, 1.165) is 0 Å². The average Bonchev–Trinajstić information content (AvgIpc) is 2.43. The molecule has 110 valence electrons. The molecule has 2 N–H and O–H groups in total. The fraction of sp³-hybridized carbons (Fsp3) is 0.385. The highest BCUT2D eigenvalue weighted by Crippen LogP contribution is 2.40. The molecule has 0 fully saturated rings.